The van der Waals surface area contributed by atoms with Crippen molar-refractivity contribution in [3.63, 3.8) is 0 Å². The normalized spacial score (nSPS) is 32.5. The molecule has 214 valence electrons. The van der Waals surface area contributed by atoms with E-state index >= 15 is 4.39 Å². The zero-order chi connectivity index (χ0) is 27.1. The number of alkyl halides is 1. The number of rotatable bonds is 5. The molecule has 0 aliphatic carbocycles. The van der Waals surface area contributed by atoms with Crippen molar-refractivity contribution in [2.75, 3.05) is 62.6 Å². The molecule has 5 atom stereocenters. The van der Waals surface area contributed by atoms with Crippen molar-refractivity contribution in [3.8, 4) is 0 Å². The zero-order valence-corrected chi connectivity index (χ0v) is 22.2. The summed E-state index contributed by atoms with van der Waals surface area (Å²) in [6.45, 7) is 5.17. The Kier molecular flexibility index (Phi) is 7.68. The lowest BCUT2D eigenvalue weighted by molar-refractivity contribution is -0.135. The van der Waals surface area contributed by atoms with Crippen molar-refractivity contribution in [1.82, 2.24) is 30.5 Å². The number of hydrogen-bond donors (Lipinski definition) is 4. The molecule has 0 bridgehead atoms. The minimum absolute atomic E-state index is 0.0771. The molecule has 4 unspecified atom stereocenters. The highest BCUT2D eigenvalue weighted by molar-refractivity contribution is 5.96. The minimum atomic E-state index is -1.06. The molecule has 0 radical (unpaired) electrons. The van der Waals surface area contributed by atoms with E-state index in [2.05, 4.69) is 25.9 Å². The Bertz CT molecular complexity index is 1070. The van der Waals surface area contributed by atoms with Crippen LogP contribution in [0.15, 0.2) is 12.4 Å². The number of nitrogens with zero attached hydrogens (tertiary/aromatic N) is 5. The Balaban J connectivity index is 1.08. The van der Waals surface area contributed by atoms with Gasteiger partial charge in [-0.2, -0.15) is 0 Å². The van der Waals surface area contributed by atoms with E-state index < -0.39 is 36.1 Å². The molecule has 1 aromatic rings. The van der Waals surface area contributed by atoms with E-state index in [1.165, 1.54) is 19.0 Å². The SMILES string of the molecule is NC1NN2CC(F)CNC2C1C(=O)Nc1cncc(F)c1N1CCC(C(=O)N2CC[C@H](N3CCCC3)C2)CC1. The van der Waals surface area contributed by atoms with Gasteiger partial charge in [-0.15, -0.1) is 0 Å². The number of aromatic nitrogens is 1. The number of fused-ring (bicyclic) bond motifs is 1. The molecule has 13 heteroatoms. The number of piperidine rings is 1. The van der Waals surface area contributed by atoms with E-state index in [0.29, 0.717) is 32.0 Å². The molecule has 11 nitrogen and oxygen atoms in total. The highest BCUT2D eigenvalue weighted by Crippen LogP contribution is 2.34. The summed E-state index contributed by atoms with van der Waals surface area (Å²) >= 11 is 0. The molecule has 2 amide bonds. The summed E-state index contributed by atoms with van der Waals surface area (Å²) in [6.07, 6.45) is 5.13. The fourth-order valence-electron chi connectivity index (χ4n) is 6.99. The van der Waals surface area contributed by atoms with Crippen LogP contribution in [0, 0.1) is 17.7 Å². The molecule has 0 spiro atoms. The Morgan fingerprint density at radius 2 is 1.82 bits per heavy atom. The van der Waals surface area contributed by atoms with Crippen LogP contribution >= 0.6 is 0 Å². The van der Waals surface area contributed by atoms with E-state index in [0.717, 1.165) is 38.8 Å². The van der Waals surface area contributed by atoms with Gasteiger partial charge in [-0.05, 0) is 45.2 Å². The van der Waals surface area contributed by atoms with Crippen LogP contribution < -0.4 is 26.7 Å². The number of nitrogens with one attached hydrogen (secondary N) is 3. The minimum Gasteiger partial charge on any atom is -0.367 e. The molecular formula is C26H39F2N9O2. The van der Waals surface area contributed by atoms with Crippen molar-refractivity contribution >= 4 is 23.2 Å². The third-order valence-corrected chi connectivity index (χ3v) is 9.05. The Morgan fingerprint density at radius 1 is 1.05 bits per heavy atom. The monoisotopic (exact) mass is 547 g/mol. The smallest absolute Gasteiger partial charge is 0.233 e. The van der Waals surface area contributed by atoms with Crippen LogP contribution in [0.4, 0.5) is 20.2 Å². The van der Waals surface area contributed by atoms with Gasteiger partial charge < -0.3 is 20.9 Å². The van der Waals surface area contributed by atoms with Gasteiger partial charge in [0.05, 0.1) is 36.3 Å². The molecule has 5 fully saturated rings. The second-order valence-electron chi connectivity index (χ2n) is 11.5. The standard InChI is InChI=1S/C26H39F2N9O2/c27-17-11-31-24-21(23(29)33-37(24)14-17)25(38)32-20-13-30-12-19(28)22(20)35-8-3-16(4-9-35)26(39)36-10-5-18(15-36)34-6-1-2-7-34/h12-13,16-18,21,23-24,31,33H,1-11,14-15,29H2,(H,32,38)/t17?,18-,21?,23?,24?/m0/s1. The van der Waals surface area contributed by atoms with Gasteiger partial charge in [0.2, 0.25) is 11.8 Å². The number of anilines is 2. The number of carbonyl (C=O) groups is 2. The molecule has 0 aromatic carbocycles. The maximum Gasteiger partial charge on any atom is 0.233 e. The number of hydrazine groups is 1. The summed E-state index contributed by atoms with van der Waals surface area (Å²) in [5, 5.41) is 7.48. The van der Waals surface area contributed by atoms with Gasteiger partial charge in [-0.25, -0.2) is 19.2 Å². The molecule has 6 heterocycles. The van der Waals surface area contributed by atoms with Gasteiger partial charge in [0, 0.05) is 51.2 Å². The van der Waals surface area contributed by atoms with Crippen LogP contribution in [0.5, 0.6) is 0 Å². The first kappa shape index (κ1) is 26.8. The summed E-state index contributed by atoms with van der Waals surface area (Å²) in [5.74, 6) is -1.50. The lowest BCUT2D eigenvalue weighted by Crippen LogP contribution is -2.58. The fraction of sp³-hybridized carbons (Fsp3) is 0.731. The topological polar surface area (TPSA) is 122 Å². The average molecular weight is 548 g/mol. The highest BCUT2D eigenvalue weighted by atomic mass is 19.1. The number of likely N-dealkylation sites (tertiary alicyclic amines) is 2. The van der Waals surface area contributed by atoms with Crippen molar-refractivity contribution in [2.24, 2.45) is 17.6 Å². The number of hydrogen-bond acceptors (Lipinski definition) is 9. The summed E-state index contributed by atoms with van der Waals surface area (Å²) in [4.78, 5) is 37.0. The zero-order valence-electron chi connectivity index (χ0n) is 22.2. The van der Waals surface area contributed by atoms with Crippen molar-refractivity contribution in [2.45, 2.75) is 56.6 Å². The van der Waals surface area contributed by atoms with E-state index in [9.17, 15) is 14.0 Å². The molecule has 5 aliphatic rings. The van der Waals surface area contributed by atoms with Crippen LogP contribution in [0.3, 0.4) is 0 Å². The number of halogens is 2. The molecule has 1 aromatic heterocycles. The number of nitrogens with two attached hydrogens (primary N) is 1. The third-order valence-electron chi connectivity index (χ3n) is 9.05. The van der Waals surface area contributed by atoms with Crippen molar-refractivity contribution in [3.05, 3.63) is 18.2 Å². The van der Waals surface area contributed by atoms with E-state index in [1.54, 1.807) is 5.01 Å². The second kappa shape index (κ2) is 11.2. The maximum absolute atomic E-state index is 15.1. The van der Waals surface area contributed by atoms with Crippen LogP contribution in [0.2, 0.25) is 0 Å². The van der Waals surface area contributed by atoms with Gasteiger partial charge >= 0.3 is 0 Å². The van der Waals surface area contributed by atoms with E-state index in [1.807, 2.05) is 9.80 Å². The molecule has 5 saturated heterocycles. The summed E-state index contributed by atoms with van der Waals surface area (Å²) in [7, 11) is 0. The molecule has 39 heavy (non-hydrogen) atoms. The Morgan fingerprint density at radius 3 is 2.59 bits per heavy atom. The lowest BCUT2D eigenvalue weighted by Gasteiger charge is -2.36. The predicted molar refractivity (Wildman–Crippen MR) is 142 cm³/mol. The van der Waals surface area contributed by atoms with Gasteiger partial charge in [0.1, 0.15) is 11.9 Å². The third kappa shape index (κ3) is 5.34. The van der Waals surface area contributed by atoms with Crippen molar-refractivity contribution in [1.29, 1.82) is 0 Å². The van der Waals surface area contributed by atoms with Crippen LogP contribution in [0.25, 0.3) is 0 Å². The van der Waals surface area contributed by atoms with Crippen LogP contribution in [-0.2, 0) is 9.59 Å². The highest BCUT2D eigenvalue weighted by Gasteiger charge is 2.47. The Labute approximate surface area is 227 Å². The first-order valence-corrected chi connectivity index (χ1v) is 14.3. The molecule has 0 saturated carbocycles. The summed E-state index contributed by atoms with van der Waals surface area (Å²) in [6, 6.07) is 0.478. The lowest BCUT2D eigenvalue weighted by atomic mass is 9.94. The summed E-state index contributed by atoms with van der Waals surface area (Å²) < 4.78 is 28.9. The maximum atomic E-state index is 15.1. The van der Waals surface area contributed by atoms with Crippen LogP contribution in [0.1, 0.15) is 32.1 Å². The quantitative estimate of drug-likeness (QED) is 0.406. The first-order valence-electron chi connectivity index (χ1n) is 14.3. The first-order chi connectivity index (χ1) is 18.9. The van der Waals surface area contributed by atoms with Gasteiger partial charge in [0.15, 0.2) is 5.82 Å². The van der Waals surface area contributed by atoms with Crippen LogP contribution in [-0.4, -0.2) is 109 Å². The van der Waals surface area contributed by atoms with Crippen molar-refractivity contribution < 1.29 is 18.4 Å². The fourth-order valence-corrected chi connectivity index (χ4v) is 6.99. The molecule has 5 N–H and O–H groups in total. The van der Waals surface area contributed by atoms with E-state index in [-0.39, 0.29) is 36.3 Å². The van der Waals surface area contributed by atoms with Gasteiger partial charge in [0.25, 0.3) is 0 Å². The van der Waals surface area contributed by atoms with E-state index in [4.69, 9.17) is 5.73 Å². The average Bonchev–Trinajstić information content (AvgIpc) is 3.68. The number of amides is 2. The molecule has 5 aliphatic heterocycles. The number of pyridine rings is 1. The molecule has 6 rings (SSSR count). The number of carbonyl (C=O) groups excluding carboxylic acids is 2. The largest absolute Gasteiger partial charge is 0.367 e. The van der Waals surface area contributed by atoms with Gasteiger partial charge in [-0.3, -0.25) is 24.8 Å². The molecular weight excluding hydrogens is 508 g/mol. The summed E-state index contributed by atoms with van der Waals surface area (Å²) in [5.41, 5.74) is 9.67. The predicted octanol–water partition coefficient (Wildman–Crippen LogP) is 0.0609. The van der Waals surface area contributed by atoms with Gasteiger partial charge in [-0.1, -0.05) is 0 Å². The second-order valence-corrected chi connectivity index (χ2v) is 11.5. The Hall–Kier alpha value is -2.45.